The molecule has 90 valence electrons. The summed E-state index contributed by atoms with van der Waals surface area (Å²) >= 11 is 1.81. The van der Waals surface area contributed by atoms with E-state index in [-0.39, 0.29) is 5.91 Å². The topological polar surface area (TPSA) is 68.3 Å². The van der Waals surface area contributed by atoms with E-state index in [1.807, 2.05) is 11.8 Å². The Morgan fingerprint density at radius 2 is 2.38 bits per heavy atom. The number of amides is 1. The van der Waals surface area contributed by atoms with Gasteiger partial charge in [-0.05, 0) is 19.4 Å². The number of furan rings is 1. The SMILES string of the molecule is CCC(C)SCc1cc(C(=O)NN)c(C)o1. The monoisotopic (exact) mass is 242 g/mol. The van der Waals surface area contributed by atoms with Crippen LogP contribution in [0.2, 0.25) is 0 Å². The van der Waals surface area contributed by atoms with Crippen molar-refractivity contribution in [1.82, 2.24) is 5.43 Å². The highest BCUT2D eigenvalue weighted by molar-refractivity contribution is 7.99. The van der Waals surface area contributed by atoms with E-state index in [9.17, 15) is 4.79 Å². The lowest BCUT2D eigenvalue weighted by Crippen LogP contribution is -2.30. The first-order chi connectivity index (χ1) is 7.58. The molecule has 5 heteroatoms. The molecule has 3 N–H and O–H groups in total. The predicted molar refractivity (Wildman–Crippen MR) is 66.1 cm³/mol. The molecule has 0 spiro atoms. The zero-order chi connectivity index (χ0) is 12.1. The first-order valence-corrected chi connectivity index (χ1v) is 6.35. The number of nitrogen functional groups attached to an aromatic ring is 1. The third-order valence-electron chi connectivity index (χ3n) is 2.43. The van der Waals surface area contributed by atoms with Crippen LogP contribution in [0.3, 0.4) is 0 Å². The number of carbonyl (C=O) groups excluding carboxylic acids is 1. The van der Waals surface area contributed by atoms with Crippen molar-refractivity contribution in [2.45, 2.75) is 38.2 Å². The van der Waals surface area contributed by atoms with Gasteiger partial charge in [-0.25, -0.2) is 5.84 Å². The molecule has 1 unspecified atom stereocenters. The number of aryl methyl sites for hydroxylation is 1. The maximum absolute atomic E-state index is 11.3. The minimum Gasteiger partial charge on any atom is -0.465 e. The normalized spacial score (nSPS) is 12.5. The predicted octanol–water partition coefficient (Wildman–Crippen LogP) is 2.22. The average molecular weight is 242 g/mol. The molecule has 0 aliphatic rings. The Balaban J connectivity index is 2.66. The minimum atomic E-state index is -0.305. The second kappa shape index (κ2) is 5.96. The van der Waals surface area contributed by atoms with Gasteiger partial charge in [0.1, 0.15) is 11.5 Å². The van der Waals surface area contributed by atoms with Crippen LogP contribution in [0.15, 0.2) is 10.5 Å². The molecule has 0 aromatic carbocycles. The zero-order valence-corrected chi connectivity index (χ0v) is 10.7. The Kier molecular flexibility index (Phi) is 4.89. The summed E-state index contributed by atoms with van der Waals surface area (Å²) in [7, 11) is 0. The Hall–Kier alpha value is -0.940. The van der Waals surface area contributed by atoms with Gasteiger partial charge in [0.25, 0.3) is 5.91 Å². The molecule has 16 heavy (non-hydrogen) atoms. The van der Waals surface area contributed by atoms with E-state index in [1.54, 1.807) is 13.0 Å². The number of thioether (sulfide) groups is 1. The van der Waals surface area contributed by atoms with Gasteiger partial charge in [0.05, 0.1) is 11.3 Å². The van der Waals surface area contributed by atoms with E-state index in [1.165, 1.54) is 0 Å². The fourth-order valence-corrected chi connectivity index (χ4v) is 2.09. The first kappa shape index (κ1) is 13.1. The molecule has 0 bridgehead atoms. The van der Waals surface area contributed by atoms with Crippen molar-refractivity contribution in [2.24, 2.45) is 5.84 Å². The van der Waals surface area contributed by atoms with E-state index in [2.05, 4.69) is 19.3 Å². The molecular formula is C11H18N2O2S. The number of rotatable bonds is 5. The quantitative estimate of drug-likeness (QED) is 0.472. The van der Waals surface area contributed by atoms with Crippen LogP contribution in [0.5, 0.6) is 0 Å². The summed E-state index contributed by atoms with van der Waals surface area (Å²) in [4.78, 5) is 11.3. The smallest absolute Gasteiger partial charge is 0.268 e. The molecule has 0 saturated carbocycles. The summed E-state index contributed by atoms with van der Waals surface area (Å²) in [6, 6.07) is 1.76. The van der Waals surface area contributed by atoms with Gasteiger partial charge in [0, 0.05) is 5.25 Å². The van der Waals surface area contributed by atoms with E-state index in [0.717, 1.165) is 17.9 Å². The lowest BCUT2D eigenvalue weighted by molar-refractivity contribution is 0.0952. The van der Waals surface area contributed by atoms with Gasteiger partial charge in [-0.3, -0.25) is 10.2 Å². The van der Waals surface area contributed by atoms with Crippen molar-refractivity contribution >= 4 is 17.7 Å². The van der Waals surface area contributed by atoms with Crippen LogP contribution in [0.25, 0.3) is 0 Å². The molecule has 1 heterocycles. The van der Waals surface area contributed by atoms with Crippen LogP contribution >= 0.6 is 11.8 Å². The second-order valence-corrected chi connectivity index (χ2v) is 5.11. The zero-order valence-electron chi connectivity index (χ0n) is 9.87. The second-order valence-electron chi connectivity index (χ2n) is 3.69. The highest BCUT2D eigenvalue weighted by atomic mass is 32.2. The summed E-state index contributed by atoms with van der Waals surface area (Å²) in [6.07, 6.45) is 1.13. The van der Waals surface area contributed by atoms with E-state index < -0.39 is 0 Å². The molecule has 0 aliphatic carbocycles. The molecule has 1 aromatic rings. The average Bonchev–Trinajstić information content (AvgIpc) is 2.66. The number of nitrogens with one attached hydrogen (secondary N) is 1. The minimum absolute atomic E-state index is 0.305. The largest absolute Gasteiger partial charge is 0.465 e. The van der Waals surface area contributed by atoms with Crippen LogP contribution in [0.4, 0.5) is 0 Å². The molecule has 1 atom stereocenters. The molecule has 0 saturated heterocycles. The third kappa shape index (κ3) is 3.28. The van der Waals surface area contributed by atoms with Gasteiger partial charge in [-0.1, -0.05) is 13.8 Å². The van der Waals surface area contributed by atoms with Crippen LogP contribution in [-0.2, 0) is 5.75 Å². The van der Waals surface area contributed by atoms with Crippen LogP contribution in [0.1, 0.15) is 42.1 Å². The summed E-state index contributed by atoms with van der Waals surface area (Å²) in [6.45, 7) is 6.09. The summed E-state index contributed by atoms with van der Waals surface area (Å²) < 4.78 is 5.50. The maximum Gasteiger partial charge on any atom is 0.268 e. The number of hydrazine groups is 1. The van der Waals surface area contributed by atoms with Gasteiger partial charge in [-0.15, -0.1) is 0 Å². The van der Waals surface area contributed by atoms with Gasteiger partial charge in [0.15, 0.2) is 0 Å². The molecule has 1 rings (SSSR count). The van der Waals surface area contributed by atoms with Crippen molar-refractivity contribution in [1.29, 1.82) is 0 Å². The fraction of sp³-hybridized carbons (Fsp3) is 0.545. The van der Waals surface area contributed by atoms with Crippen LogP contribution in [0, 0.1) is 6.92 Å². The van der Waals surface area contributed by atoms with Crippen molar-refractivity contribution in [3.8, 4) is 0 Å². The third-order valence-corrected chi connectivity index (χ3v) is 3.78. The molecule has 4 nitrogen and oxygen atoms in total. The molecule has 0 aliphatic heterocycles. The van der Waals surface area contributed by atoms with Crippen molar-refractivity contribution in [2.75, 3.05) is 0 Å². The number of nitrogens with two attached hydrogens (primary N) is 1. The summed E-state index contributed by atoms with van der Waals surface area (Å²) in [5, 5.41) is 0.595. The molecule has 0 fully saturated rings. The Morgan fingerprint density at radius 3 is 2.94 bits per heavy atom. The Morgan fingerprint density at radius 1 is 1.69 bits per heavy atom. The van der Waals surface area contributed by atoms with Gasteiger partial charge in [-0.2, -0.15) is 11.8 Å². The summed E-state index contributed by atoms with van der Waals surface area (Å²) in [5.41, 5.74) is 2.62. The standard InChI is InChI=1S/C11H18N2O2S/c1-4-7(2)16-6-9-5-10(8(3)15-9)11(14)13-12/h5,7H,4,6,12H2,1-3H3,(H,13,14). The van der Waals surface area contributed by atoms with Crippen molar-refractivity contribution in [3.05, 3.63) is 23.2 Å². The summed E-state index contributed by atoms with van der Waals surface area (Å²) in [5.74, 6) is 6.99. The van der Waals surface area contributed by atoms with E-state index >= 15 is 0 Å². The van der Waals surface area contributed by atoms with E-state index in [0.29, 0.717) is 16.6 Å². The van der Waals surface area contributed by atoms with E-state index in [4.69, 9.17) is 10.3 Å². The van der Waals surface area contributed by atoms with Crippen LogP contribution in [-0.4, -0.2) is 11.2 Å². The fourth-order valence-electron chi connectivity index (χ4n) is 1.26. The highest BCUT2D eigenvalue weighted by Crippen LogP contribution is 2.23. The molecule has 1 aromatic heterocycles. The molecular weight excluding hydrogens is 224 g/mol. The number of hydrogen-bond acceptors (Lipinski definition) is 4. The van der Waals surface area contributed by atoms with Gasteiger partial charge >= 0.3 is 0 Å². The molecule has 0 radical (unpaired) electrons. The van der Waals surface area contributed by atoms with Gasteiger partial charge in [0.2, 0.25) is 0 Å². The number of carbonyl (C=O) groups is 1. The maximum atomic E-state index is 11.3. The van der Waals surface area contributed by atoms with Crippen molar-refractivity contribution < 1.29 is 9.21 Å². The van der Waals surface area contributed by atoms with Gasteiger partial charge < -0.3 is 4.42 Å². The van der Waals surface area contributed by atoms with Crippen LogP contribution < -0.4 is 11.3 Å². The number of hydrogen-bond donors (Lipinski definition) is 2. The Labute approximate surface area is 99.9 Å². The van der Waals surface area contributed by atoms with Crippen molar-refractivity contribution in [3.63, 3.8) is 0 Å². The lowest BCUT2D eigenvalue weighted by Gasteiger charge is -2.05. The molecule has 1 amide bonds. The first-order valence-electron chi connectivity index (χ1n) is 5.30. The highest BCUT2D eigenvalue weighted by Gasteiger charge is 2.14. The lowest BCUT2D eigenvalue weighted by atomic mass is 10.2. The Bertz CT molecular complexity index is 363.